The van der Waals surface area contributed by atoms with Crippen molar-refractivity contribution in [3.63, 3.8) is 0 Å². The van der Waals surface area contributed by atoms with Crippen molar-refractivity contribution in [2.24, 2.45) is 0 Å². The molecule has 2 heterocycles. The number of aromatic nitrogens is 3. The zero-order valence-electron chi connectivity index (χ0n) is 20.4. The summed E-state index contributed by atoms with van der Waals surface area (Å²) in [6, 6.07) is 16.5. The number of nitrogens with one attached hydrogen (secondary N) is 1. The first kappa shape index (κ1) is 24.8. The molecule has 0 radical (unpaired) electrons. The summed E-state index contributed by atoms with van der Waals surface area (Å²) < 4.78 is 7.31. The minimum atomic E-state index is -0.927. The largest absolute Gasteiger partial charge is 0.496 e. The van der Waals surface area contributed by atoms with E-state index >= 15 is 0 Å². The number of carboxylic acids is 1. The number of benzene rings is 2. The Morgan fingerprint density at radius 1 is 1.11 bits per heavy atom. The summed E-state index contributed by atoms with van der Waals surface area (Å²) in [4.78, 5) is 29.6. The minimum absolute atomic E-state index is 0.117. The summed E-state index contributed by atoms with van der Waals surface area (Å²) in [6.07, 6.45) is 5.59. The zero-order chi connectivity index (χ0) is 26.0. The van der Waals surface area contributed by atoms with E-state index in [9.17, 15) is 14.7 Å². The van der Waals surface area contributed by atoms with Gasteiger partial charge in [0.25, 0.3) is 5.91 Å². The maximum atomic E-state index is 13.5. The van der Waals surface area contributed by atoms with Crippen LogP contribution in [0, 0.1) is 0 Å². The van der Waals surface area contributed by atoms with E-state index in [4.69, 9.17) is 21.4 Å². The molecule has 0 saturated heterocycles. The van der Waals surface area contributed by atoms with Crippen LogP contribution in [-0.2, 0) is 4.79 Å². The van der Waals surface area contributed by atoms with Crippen LogP contribution in [0.1, 0.15) is 49.0 Å². The predicted molar refractivity (Wildman–Crippen MR) is 141 cm³/mol. The van der Waals surface area contributed by atoms with Crippen LogP contribution in [0.5, 0.6) is 5.75 Å². The van der Waals surface area contributed by atoms with Gasteiger partial charge < -0.3 is 15.2 Å². The Morgan fingerprint density at radius 3 is 2.65 bits per heavy atom. The fourth-order valence-electron chi connectivity index (χ4n) is 5.18. The number of para-hydroxylation sites is 1. The second-order valence-corrected chi connectivity index (χ2v) is 9.82. The minimum Gasteiger partial charge on any atom is -0.496 e. The van der Waals surface area contributed by atoms with Gasteiger partial charge >= 0.3 is 5.97 Å². The summed E-state index contributed by atoms with van der Waals surface area (Å²) in [5.74, 6) is -0.699. The number of rotatable bonds is 7. The monoisotopic (exact) mass is 518 g/mol. The molecule has 190 valence electrons. The van der Waals surface area contributed by atoms with E-state index in [1.165, 1.54) is 0 Å². The number of carboxylic acid groups (broad SMARTS) is 1. The third-order valence-corrected chi connectivity index (χ3v) is 7.15. The van der Waals surface area contributed by atoms with Gasteiger partial charge in [-0.05, 0) is 55.3 Å². The average molecular weight is 519 g/mol. The van der Waals surface area contributed by atoms with Gasteiger partial charge in [0, 0.05) is 22.2 Å². The number of hydrogen-bond donors (Lipinski definition) is 2. The van der Waals surface area contributed by atoms with Crippen LogP contribution in [-0.4, -0.2) is 44.4 Å². The fraction of sp³-hybridized carbons (Fsp3) is 0.286. The summed E-state index contributed by atoms with van der Waals surface area (Å²) >= 11 is 6.20. The van der Waals surface area contributed by atoms with E-state index in [2.05, 4.69) is 10.3 Å². The number of hydrogen-bond acceptors (Lipinski definition) is 5. The average Bonchev–Trinajstić information content (AvgIpc) is 3.33. The van der Waals surface area contributed by atoms with Crippen molar-refractivity contribution in [2.75, 3.05) is 7.11 Å². The molecular formula is C28H27ClN4O4. The lowest BCUT2D eigenvalue weighted by atomic mass is 9.79. The number of carbonyl (C=O) groups is 2. The quantitative estimate of drug-likeness (QED) is 0.327. The van der Waals surface area contributed by atoms with Crippen LogP contribution in [0.3, 0.4) is 0 Å². The maximum absolute atomic E-state index is 13.5. The molecule has 0 unspecified atom stereocenters. The third kappa shape index (κ3) is 5.02. The van der Waals surface area contributed by atoms with Gasteiger partial charge in [0.15, 0.2) is 5.69 Å². The molecule has 37 heavy (non-hydrogen) atoms. The smallest absolute Gasteiger partial charge is 0.305 e. The highest BCUT2D eigenvalue weighted by Gasteiger charge is 2.37. The van der Waals surface area contributed by atoms with Gasteiger partial charge in [-0.25, -0.2) is 4.68 Å². The molecule has 2 N–H and O–H groups in total. The standard InChI is InChI=1S/C28H27ClN4O4/c1-37-25-8-4-3-7-20(25)24-16-22(27(36)31-28(17-26(34)35)12-5-2-6-13-28)32-33(24)23-11-14-30-21-15-18(29)9-10-19(21)23/h3-4,7-11,14-16H,2,5-6,12-13,17H2,1H3,(H,31,36)(H,34,35). The molecule has 1 saturated carbocycles. The summed E-state index contributed by atoms with van der Waals surface area (Å²) in [5.41, 5.74) is 2.24. The zero-order valence-corrected chi connectivity index (χ0v) is 21.2. The van der Waals surface area contributed by atoms with E-state index in [0.717, 1.165) is 35.9 Å². The van der Waals surface area contributed by atoms with Crippen molar-refractivity contribution < 1.29 is 19.4 Å². The SMILES string of the molecule is COc1ccccc1-c1cc(C(=O)NC2(CC(=O)O)CCCCC2)nn1-c1ccnc2cc(Cl)ccc12. The molecule has 9 heteroatoms. The van der Waals surface area contributed by atoms with Gasteiger partial charge in [0.05, 0.1) is 36.0 Å². The van der Waals surface area contributed by atoms with Crippen molar-refractivity contribution in [1.29, 1.82) is 0 Å². The molecule has 5 rings (SSSR count). The highest BCUT2D eigenvalue weighted by atomic mass is 35.5. The van der Waals surface area contributed by atoms with E-state index in [-0.39, 0.29) is 12.1 Å². The normalized spacial score (nSPS) is 14.9. The number of fused-ring (bicyclic) bond motifs is 1. The lowest BCUT2D eigenvalue weighted by Gasteiger charge is -2.36. The molecular weight excluding hydrogens is 492 g/mol. The highest BCUT2D eigenvalue weighted by molar-refractivity contribution is 6.31. The topological polar surface area (TPSA) is 106 Å². The lowest BCUT2D eigenvalue weighted by Crippen LogP contribution is -2.51. The van der Waals surface area contributed by atoms with E-state index < -0.39 is 17.4 Å². The van der Waals surface area contributed by atoms with Gasteiger partial charge in [0.1, 0.15) is 5.75 Å². The summed E-state index contributed by atoms with van der Waals surface area (Å²) in [5, 5.41) is 18.7. The van der Waals surface area contributed by atoms with E-state index in [0.29, 0.717) is 34.8 Å². The first-order valence-electron chi connectivity index (χ1n) is 12.2. The first-order chi connectivity index (χ1) is 17.9. The molecule has 1 fully saturated rings. The van der Waals surface area contributed by atoms with Crippen molar-refractivity contribution in [2.45, 2.75) is 44.1 Å². The van der Waals surface area contributed by atoms with Crippen LogP contribution in [0.4, 0.5) is 0 Å². The van der Waals surface area contributed by atoms with Crippen molar-refractivity contribution in [1.82, 2.24) is 20.1 Å². The Bertz CT molecular complexity index is 1480. The molecule has 1 amide bonds. The highest BCUT2D eigenvalue weighted by Crippen LogP contribution is 2.35. The van der Waals surface area contributed by atoms with Gasteiger partial charge in [-0.3, -0.25) is 14.6 Å². The lowest BCUT2D eigenvalue weighted by molar-refractivity contribution is -0.139. The number of amides is 1. The molecule has 2 aromatic heterocycles. The number of carbonyl (C=O) groups excluding carboxylic acids is 1. The molecule has 0 atom stereocenters. The Labute approximate surface area is 219 Å². The van der Waals surface area contributed by atoms with Gasteiger partial charge in [-0.15, -0.1) is 0 Å². The van der Waals surface area contributed by atoms with E-state index in [1.54, 1.807) is 36.2 Å². The number of pyridine rings is 1. The van der Waals surface area contributed by atoms with Crippen LogP contribution >= 0.6 is 11.6 Å². The predicted octanol–water partition coefficient (Wildman–Crippen LogP) is 5.66. The first-order valence-corrected chi connectivity index (χ1v) is 12.6. The second kappa shape index (κ2) is 10.2. The number of ether oxygens (including phenoxy) is 1. The number of aliphatic carboxylic acids is 1. The summed E-state index contributed by atoms with van der Waals surface area (Å²) in [7, 11) is 1.59. The van der Waals surface area contributed by atoms with Crippen molar-refractivity contribution in [3.05, 3.63) is 71.5 Å². The molecule has 8 nitrogen and oxygen atoms in total. The van der Waals surface area contributed by atoms with Crippen LogP contribution in [0.2, 0.25) is 5.02 Å². The molecule has 0 bridgehead atoms. The summed E-state index contributed by atoms with van der Waals surface area (Å²) in [6.45, 7) is 0. The van der Waals surface area contributed by atoms with Gasteiger partial charge in [0.2, 0.25) is 0 Å². The van der Waals surface area contributed by atoms with Crippen LogP contribution in [0.15, 0.2) is 60.8 Å². The fourth-order valence-corrected chi connectivity index (χ4v) is 5.35. The number of nitrogens with zero attached hydrogens (tertiary/aromatic N) is 3. The Morgan fingerprint density at radius 2 is 1.89 bits per heavy atom. The van der Waals surface area contributed by atoms with Crippen LogP contribution in [0.25, 0.3) is 27.8 Å². The Hall–Kier alpha value is -3.91. The van der Waals surface area contributed by atoms with Gasteiger partial charge in [-0.2, -0.15) is 5.10 Å². The maximum Gasteiger partial charge on any atom is 0.305 e. The Kier molecular flexibility index (Phi) is 6.84. The molecule has 0 spiro atoms. The van der Waals surface area contributed by atoms with Crippen molar-refractivity contribution in [3.8, 4) is 22.7 Å². The number of halogens is 1. The third-order valence-electron chi connectivity index (χ3n) is 6.91. The Balaban J connectivity index is 1.63. The van der Waals surface area contributed by atoms with Gasteiger partial charge in [-0.1, -0.05) is 43.0 Å². The molecule has 4 aromatic rings. The molecule has 2 aromatic carbocycles. The van der Waals surface area contributed by atoms with E-state index in [1.807, 2.05) is 36.4 Å². The molecule has 1 aliphatic carbocycles. The van der Waals surface area contributed by atoms with Crippen LogP contribution < -0.4 is 10.1 Å². The molecule has 1 aliphatic rings. The molecule has 0 aliphatic heterocycles. The number of methoxy groups -OCH3 is 1. The second-order valence-electron chi connectivity index (χ2n) is 9.38. The van der Waals surface area contributed by atoms with Crippen molar-refractivity contribution >= 4 is 34.4 Å².